The molecule has 10 nitrogen and oxygen atoms in total. The quantitative estimate of drug-likeness (QED) is 0.410. The van der Waals surface area contributed by atoms with Crippen molar-refractivity contribution in [3.05, 3.63) is 66.2 Å². The number of methoxy groups -OCH3 is 1. The third-order valence-electron chi connectivity index (χ3n) is 5.47. The highest BCUT2D eigenvalue weighted by Gasteiger charge is 2.34. The fourth-order valence-electron chi connectivity index (χ4n) is 3.66. The Morgan fingerprint density at radius 2 is 1.76 bits per heavy atom. The van der Waals surface area contributed by atoms with E-state index in [0.717, 1.165) is 5.56 Å². The lowest BCUT2D eigenvalue weighted by Gasteiger charge is -2.31. The van der Waals surface area contributed by atoms with Crippen LogP contribution in [-0.2, 0) is 19.1 Å². The molecule has 2 atom stereocenters. The number of hydrogen-bond donors (Lipinski definition) is 3. The Balaban J connectivity index is 2.41. The van der Waals surface area contributed by atoms with Gasteiger partial charge >= 0.3 is 6.09 Å². The minimum atomic E-state index is -1.17. The predicted octanol–water partition coefficient (Wildman–Crippen LogP) is 3.64. The summed E-state index contributed by atoms with van der Waals surface area (Å²) in [6.45, 7) is 8.83. The van der Waals surface area contributed by atoms with Crippen LogP contribution < -0.4 is 21.1 Å². The van der Waals surface area contributed by atoms with Crippen molar-refractivity contribution < 1.29 is 28.7 Å². The van der Waals surface area contributed by atoms with Gasteiger partial charge in [0, 0.05) is 19.2 Å². The van der Waals surface area contributed by atoms with Crippen LogP contribution >= 0.6 is 0 Å². The van der Waals surface area contributed by atoms with Crippen molar-refractivity contribution in [1.82, 2.24) is 10.2 Å². The Bertz CT molecular complexity index is 1160. The SMILES string of the molecule is C=Cc1cccc(C(C(=O)Nc2ccc(OC)cc2)N(C)C(=O)C(CCC(N)=O)NC(=O)OC(C)(C)C)c1. The fraction of sp³-hybridized carbons (Fsp3) is 0.357. The molecule has 0 heterocycles. The maximum atomic E-state index is 13.7. The van der Waals surface area contributed by atoms with Crippen LogP contribution in [0.1, 0.15) is 50.8 Å². The van der Waals surface area contributed by atoms with Gasteiger partial charge < -0.3 is 30.7 Å². The predicted molar refractivity (Wildman–Crippen MR) is 145 cm³/mol. The van der Waals surface area contributed by atoms with Crippen molar-refractivity contribution >= 4 is 35.6 Å². The van der Waals surface area contributed by atoms with Gasteiger partial charge in [0.05, 0.1) is 7.11 Å². The second-order valence-electron chi connectivity index (χ2n) is 9.65. The smallest absolute Gasteiger partial charge is 0.408 e. The lowest BCUT2D eigenvalue weighted by Crippen LogP contribution is -2.51. The molecular formula is C28H36N4O6. The number of ether oxygens (including phenoxy) is 2. The van der Waals surface area contributed by atoms with Crippen molar-refractivity contribution in [3.8, 4) is 5.75 Å². The number of rotatable bonds is 11. The first kappa shape index (κ1) is 29.9. The largest absolute Gasteiger partial charge is 0.497 e. The van der Waals surface area contributed by atoms with E-state index in [9.17, 15) is 19.2 Å². The van der Waals surface area contributed by atoms with E-state index in [1.165, 1.54) is 19.1 Å². The molecule has 0 saturated carbocycles. The number of nitrogens with two attached hydrogens (primary N) is 1. The molecule has 0 aliphatic rings. The molecule has 38 heavy (non-hydrogen) atoms. The van der Waals surface area contributed by atoms with Crippen LogP contribution in [0.25, 0.3) is 6.08 Å². The third kappa shape index (κ3) is 8.95. The number of likely N-dealkylation sites (N-methyl/N-ethyl adjacent to an activating group) is 1. The van der Waals surface area contributed by atoms with Crippen LogP contribution in [0.2, 0.25) is 0 Å². The fourth-order valence-corrected chi connectivity index (χ4v) is 3.66. The van der Waals surface area contributed by atoms with Gasteiger partial charge in [-0.25, -0.2) is 4.79 Å². The molecule has 4 amide bonds. The number of primary amides is 1. The zero-order chi connectivity index (χ0) is 28.5. The maximum Gasteiger partial charge on any atom is 0.408 e. The second kappa shape index (κ2) is 13.3. The lowest BCUT2D eigenvalue weighted by molar-refractivity contribution is -0.139. The number of carbonyl (C=O) groups excluding carboxylic acids is 4. The van der Waals surface area contributed by atoms with E-state index >= 15 is 0 Å². The second-order valence-corrected chi connectivity index (χ2v) is 9.65. The van der Waals surface area contributed by atoms with E-state index in [0.29, 0.717) is 17.0 Å². The van der Waals surface area contributed by atoms with Crippen LogP contribution in [0.15, 0.2) is 55.1 Å². The summed E-state index contributed by atoms with van der Waals surface area (Å²) in [6, 6.07) is 11.5. The van der Waals surface area contributed by atoms with Gasteiger partial charge in [0.2, 0.25) is 11.8 Å². The van der Waals surface area contributed by atoms with Gasteiger partial charge in [-0.2, -0.15) is 0 Å². The molecule has 2 unspecified atom stereocenters. The number of hydrogen-bond acceptors (Lipinski definition) is 6. The molecule has 0 bridgehead atoms. The number of amides is 4. The first-order valence-electron chi connectivity index (χ1n) is 12.1. The molecule has 2 rings (SSSR count). The topological polar surface area (TPSA) is 140 Å². The molecule has 0 fully saturated rings. The van der Waals surface area contributed by atoms with E-state index in [1.807, 2.05) is 6.07 Å². The highest BCUT2D eigenvalue weighted by atomic mass is 16.6. The van der Waals surface area contributed by atoms with E-state index in [4.69, 9.17) is 15.2 Å². The standard InChI is InChI=1S/C28H36N4O6/c1-7-18-9-8-10-19(17-18)24(25(34)30-20-11-13-21(37-6)14-12-20)32(5)26(35)22(15-16-23(29)33)31-27(36)38-28(2,3)4/h7-14,17,22,24H,1,15-16H2,2-6H3,(H2,29,33)(H,30,34)(H,31,36). The van der Waals surface area contributed by atoms with E-state index in [2.05, 4.69) is 17.2 Å². The number of benzene rings is 2. The van der Waals surface area contributed by atoms with Gasteiger partial charge in [-0.05, 0) is 68.7 Å². The molecule has 0 aromatic heterocycles. The Kier molecular flexibility index (Phi) is 10.4. The minimum absolute atomic E-state index is 0.0722. The molecule has 0 saturated heterocycles. The normalized spacial score (nSPS) is 12.4. The summed E-state index contributed by atoms with van der Waals surface area (Å²) >= 11 is 0. The molecule has 0 aliphatic carbocycles. The van der Waals surface area contributed by atoms with E-state index in [-0.39, 0.29) is 12.8 Å². The Labute approximate surface area is 223 Å². The Hall–Kier alpha value is -4.34. The molecule has 4 N–H and O–H groups in total. The summed E-state index contributed by atoms with van der Waals surface area (Å²) in [5.41, 5.74) is 6.27. The molecule has 0 radical (unpaired) electrons. The van der Waals surface area contributed by atoms with Gasteiger partial charge in [-0.15, -0.1) is 0 Å². The van der Waals surface area contributed by atoms with Crippen molar-refractivity contribution in [3.63, 3.8) is 0 Å². The van der Waals surface area contributed by atoms with Gasteiger partial charge in [-0.1, -0.05) is 30.9 Å². The molecular weight excluding hydrogens is 488 g/mol. The third-order valence-corrected chi connectivity index (χ3v) is 5.47. The molecule has 10 heteroatoms. The first-order chi connectivity index (χ1) is 17.8. The zero-order valence-corrected chi connectivity index (χ0v) is 22.4. The summed E-state index contributed by atoms with van der Waals surface area (Å²) < 4.78 is 10.4. The summed E-state index contributed by atoms with van der Waals surface area (Å²) in [5, 5.41) is 5.34. The van der Waals surface area contributed by atoms with Gasteiger partial charge in [-0.3, -0.25) is 14.4 Å². The summed E-state index contributed by atoms with van der Waals surface area (Å²) in [4.78, 5) is 52.4. The van der Waals surface area contributed by atoms with Crippen LogP contribution in [0, 0.1) is 0 Å². The number of anilines is 1. The van der Waals surface area contributed by atoms with Crippen molar-refractivity contribution in [2.24, 2.45) is 5.73 Å². The molecule has 204 valence electrons. The molecule has 2 aromatic rings. The van der Waals surface area contributed by atoms with Crippen LogP contribution in [-0.4, -0.2) is 54.5 Å². The molecule has 0 aliphatic heterocycles. The first-order valence-corrected chi connectivity index (χ1v) is 12.1. The van der Waals surface area contributed by atoms with Crippen molar-refractivity contribution in [2.45, 2.75) is 51.3 Å². The van der Waals surface area contributed by atoms with E-state index in [1.54, 1.807) is 69.3 Å². The summed E-state index contributed by atoms with van der Waals surface area (Å²) in [7, 11) is 2.99. The molecule has 2 aromatic carbocycles. The van der Waals surface area contributed by atoms with Crippen molar-refractivity contribution in [2.75, 3.05) is 19.5 Å². The van der Waals surface area contributed by atoms with Crippen LogP contribution in [0.4, 0.5) is 10.5 Å². The van der Waals surface area contributed by atoms with Gasteiger partial charge in [0.1, 0.15) is 23.4 Å². The van der Waals surface area contributed by atoms with Crippen LogP contribution in [0.3, 0.4) is 0 Å². The maximum absolute atomic E-state index is 13.7. The highest BCUT2D eigenvalue weighted by Crippen LogP contribution is 2.25. The number of alkyl carbamates (subject to hydrolysis) is 1. The summed E-state index contributed by atoms with van der Waals surface area (Å²) in [5.74, 6) is -1.10. The number of carbonyl (C=O) groups is 4. The average Bonchev–Trinajstić information content (AvgIpc) is 2.85. The van der Waals surface area contributed by atoms with Gasteiger partial charge in [0.15, 0.2) is 0 Å². The highest BCUT2D eigenvalue weighted by molar-refractivity contribution is 5.99. The number of nitrogens with zero attached hydrogens (tertiary/aromatic N) is 1. The lowest BCUT2D eigenvalue weighted by atomic mass is 10.00. The van der Waals surface area contributed by atoms with Crippen molar-refractivity contribution in [1.29, 1.82) is 0 Å². The molecule has 0 spiro atoms. The monoisotopic (exact) mass is 524 g/mol. The average molecular weight is 525 g/mol. The summed E-state index contributed by atoms with van der Waals surface area (Å²) in [6.07, 6.45) is 0.566. The van der Waals surface area contributed by atoms with Crippen LogP contribution in [0.5, 0.6) is 5.75 Å². The minimum Gasteiger partial charge on any atom is -0.497 e. The Morgan fingerprint density at radius 3 is 2.32 bits per heavy atom. The van der Waals surface area contributed by atoms with E-state index < -0.39 is 41.5 Å². The van der Waals surface area contributed by atoms with Gasteiger partial charge in [0.25, 0.3) is 5.91 Å². The number of nitrogens with one attached hydrogen (secondary N) is 2. The zero-order valence-electron chi connectivity index (χ0n) is 22.4. The Morgan fingerprint density at radius 1 is 1.11 bits per heavy atom.